The number of fused-ring (bicyclic) bond motifs is 1. The monoisotopic (exact) mass is 285 g/mol. The Labute approximate surface area is 123 Å². The van der Waals surface area contributed by atoms with Gasteiger partial charge in [0.25, 0.3) is 5.56 Å². The standard InChI is InChI=1S/C16H19N3O2/c1-9-6-13-14(7-10(9)2)19(16(21)11(3)17-13)8-15(20)18-12-4-5-12/h6-7,12H,4-5,8H2,1-3H3,(H,18,20). The third kappa shape index (κ3) is 2.68. The number of rotatable bonds is 3. The molecule has 110 valence electrons. The number of nitrogens with one attached hydrogen (secondary N) is 1. The maximum absolute atomic E-state index is 12.3. The second-order valence-electron chi connectivity index (χ2n) is 5.86. The summed E-state index contributed by atoms with van der Waals surface area (Å²) in [6.45, 7) is 5.75. The van der Waals surface area contributed by atoms with Gasteiger partial charge in [-0.3, -0.25) is 14.2 Å². The van der Waals surface area contributed by atoms with Crippen LogP contribution in [0.5, 0.6) is 0 Å². The number of aromatic nitrogens is 2. The summed E-state index contributed by atoms with van der Waals surface area (Å²) in [7, 11) is 0. The number of carbonyl (C=O) groups is 1. The first-order valence-electron chi connectivity index (χ1n) is 7.23. The molecule has 0 atom stereocenters. The molecule has 0 saturated heterocycles. The lowest BCUT2D eigenvalue weighted by Gasteiger charge is -2.13. The van der Waals surface area contributed by atoms with Gasteiger partial charge in [-0.05, 0) is 56.9 Å². The normalized spacial score (nSPS) is 14.4. The Balaban J connectivity index is 2.09. The molecule has 5 nitrogen and oxygen atoms in total. The molecule has 1 N–H and O–H groups in total. The fourth-order valence-corrected chi connectivity index (χ4v) is 2.43. The van der Waals surface area contributed by atoms with E-state index in [2.05, 4.69) is 10.3 Å². The Morgan fingerprint density at radius 3 is 2.62 bits per heavy atom. The number of benzene rings is 1. The Bertz CT molecular complexity index is 788. The van der Waals surface area contributed by atoms with E-state index in [1.807, 2.05) is 26.0 Å². The van der Waals surface area contributed by atoms with Gasteiger partial charge in [0.1, 0.15) is 12.2 Å². The third-order valence-electron chi connectivity index (χ3n) is 3.97. The Morgan fingerprint density at radius 1 is 1.29 bits per heavy atom. The second-order valence-corrected chi connectivity index (χ2v) is 5.86. The number of aryl methyl sites for hydroxylation is 3. The lowest BCUT2D eigenvalue weighted by Crippen LogP contribution is -2.34. The molecule has 0 unspecified atom stereocenters. The maximum Gasteiger partial charge on any atom is 0.272 e. The van der Waals surface area contributed by atoms with Gasteiger partial charge in [-0.15, -0.1) is 0 Å². The molecule has 1 fully saturated rings. The zero-order chi connectivity index (χ0) is 15.1. The zero-order valence-electron chi connectivity index (χ0n) is 12.6. The van der Waals surface area contributed by atoms with Crippen LogP contribution in [0.3, 0.4) is 0 Å². The van der Waals surface area contributed by atoms with Gasteiger partial charge in [0.05, 0.1) is 11.0 Å². The molecule has 1 aliphatic carbocycles. The van der Waals surface area contributed by atoms with Crippen LogP contribution in [-0.4, -0.2) is 21.5 Å². The third-order valence-corrected chi connectivity index (χ3v) is 3.97. The highest BCUT2D eigenvalue weighted by Gasteiger charge is 2.23. The van der Waals surface area contributed by atoms with Crippen molar-refractivity contribution < 1.29 is 4.79 Å². The average Bonchev–Trinajstić information content (AvgIpc) is 3.21. The summed E-state index contributed by atoms with van der Waals surface area (Å²) < 4.78 is 1.53. The van der Waals surface area contributed by atoms with E-state index in [4.69, 9.17) is 0 Å². The van der Waals surface area contributed by atoms with E-state index < -0.39 is 0 Å². The molecule has 1 aromatic carbocycles. The van der Waals surface area contributed by atoms with E-state index in [1.54, 1.807) is 6.92 Å². The topological polar surface area (TPSA) is 64.0 Å². The molecular formula is C16H19N3O2. The van der Waals surface area contributed by atoms with E-state index in [0.29, 0.717) is 11.7 Å². The van der Waals surface area contributed by atoms with Crippen molar-refractivity contribution in [2.45, 2.75) is 46.2 Å². The highest BCUT2D eigenvalue weighted by molar-refractivity contribution is 5.81. The van der Waals surface area contributed by atoms with Gasteiger partial charge in [0.2, 0.25) is 5.91 Å². The second kappa shape index (κ2) is 4.98. The van der Waals surface area contributed by atoms with Crippen LogP contribution < -0.4 is 10.9 Å². The highest BCUT2D eigenvalue weighted by atomic mass is 16.2. The average molecular weight is 285 g/mol. The van der Waals surface area contributed by atoms with E-state index >= 15 is 0 Å². The van der Waals surface area contributed by atoms with Crippen LogP contribution >= 0.6 is 0 Å². The summed E-state index contributed by atoms with van der Waals surface area (Å²) in [5.74, 6) is -0.107. The van der Waals surface area contributed by atoms with Crippen LogP contribution in [0.15, 0.2) is 16.9 Å². The molecule has 0 radical (unpaired) electrons. The van der Waals surface area contributed by atoms with E-state index in [1.165, 1.54) is 4.57 Å². The molecule has 0 bridgehead atoms. The number of amides is 1. The summed E-state index contributed by atoms with van der Waals surface area (Å²) in [5.41, 5.74) is 3.92. The minimum Gasteiger partial charge on any atom is -0.352 e. The smallest absolute Gasteiger partial charge is 0.272 e. The van der Waals surface area contributed by atoms with E-state index in [9.17, 15) is 9.59 Å². The lowest BCUT2D eigenvalue weighted by molar-refractivity contribution is -0.121. The van der Waals surface area contributed by atoms with Crippen molar-refractivity contribution in [3.8, 4) is 0 Å². The molecule has 1 heterocycles. The van der Waals surface area contributed by atoms with Crippen molar-refractivity contribution >= 4 is 16.9 Å². The van der Waals surface area contributed by atoms with Crippen molar-refractivity contribution in [3.63, 3.8) is 0 Å². The molecule has 21 heavy (non-hydrogen) atoms. The van der Waals surface area contributed by atoms with Crippen LogP contribution in [-0.2, 0) is 11.3 Å². The lowest BCUT2D eigenvalue weighted by atomic mass is 10.1. The first-order valence-corrected chi connectivity index (χ1v) is 7.23. The Kier molecular flexibility index (Phi) is 3.27. The summed E-state index contributed by atoms with van der Waals surface area (Å²) in [6, 6.07) is 4.20. The van der Waals surface area contributed by atoms with Crippen molar-refractivity contribution in [2.75, 3.05) is 0 Å². The quantitative estimate of drug-likeness (QED) is 0.931. The van der Waals surface area contributed by atoms with Gasteiger partial charge >= 0.3 is 0 Å². The summed E-state index contributed by atoms with van der Waals surface area (Å²) in [5, 5.41) is 2.92. The number of hydrogen-bond donors (Lipinski definition) is 1. The fourth-order valence-electron chi connectivity index (χ4n) is 2.43. The minimum absolute atomic E-state index is 0.0533. The number of carbonyl (C=O) groups excluding carboxylic acids is 1. The van der Waals surface area contributed by atoms with Gasteiger partial charge in [-0.1, -0.05) is 0 Å². The SMILES string of the molecule is Cc1cc2nc(C)c(=O)n(CC(=O)NC3CC3)c2cc1C. The maximum atomic E-state index is 12.3. The molecule has 0 aliphatic heterocycles. The Morgan fingerprint density at radius 2 is 1.95 bits per heavy atom. The fraction of sp³-hybridized carbons (Fsp3) is 0.438. The molecule has 2 aromatic rings. The van der Waals surface area contributed by atoms with Crippen molar-refractivity contribution in [1.29, 1.82) is 0 Å². The van der Waals surface area contributed by atoms with E-state index in [-0.39, 0.29) is 18.0 Å². The van der Waals surface area contributed by atoms with Crippen LogP contribution in [0.4, 0.5) is 0 Å². The van der Waals surface area contributed by atoms with Gasteiger partial charge in [0, 0.05) is 6.04 Å². The predicted octanol–water partition coefficient (Wildman–Crippen LogP) is 1.60. The van der Waals surface area contributed by atoms with Crippen molar-refractivity contribution in [3.05, 3.63) is 39.3 Å². The van der Waals surface area contributed by atoms with Crippen LogP contribution in [0.1, 0.15) is 29.7 Å². The summed E-state index contributed by atoms with van der Waals surface area (Å²) >= 11 is 0. The first kappa shape index (κ1) is 13.8. The predicted molar refractivity (Wildman–Crippen MR) is 81.4 cm³/mol. The van der Waals surface area contributed by atoms with Gasteiger partial charge in [-0.25, -0.2) is 4.98 Å². The summed E-state index contributed by atoms with van der Waals surface area (Å²) in [4.78, 5) is 28.7. The molecule has 5 heteroatoms. The molecule has 1 aromatic heterocycles. The largest absolute Gasteiger partial charge is 0.352 e. The van der Waals surface area contributed by atoms with E-state index in [0.717, 1.165) is 35.0 Å². The van der Waals surface area contributed by atoms with Crippen molar-refractivity contribution in [1.82, 2.24) is 14.9 Å². The molecule has 1 aliphatic rings. The van der Waals surface area contributed by atoms with Gasteiger partial charge in [-0.2, -0.15) is 0 Å². The number of hydrogen-bond acceptors (Lipinski definition) is 3. The summed E-state index contributed by atoms with van der Waals surface area (Å²) in [6.07, 6.45) is 2.07. The van der Waals surface area contributed by atoms with Crippen molar-refractivity contribution in [2.24, 2.45) is 0 Å². The van der Waals surface area contributed by atoms with Crippen LogP contribution in [0, 0.1) is 20.8 Å². The molecular weight excluding hydrogens is 266 g/mol. The van der Waals surface area contributed by atoms with Crippen LogP contribution in [0.2, 0.25) is 0 Å². The minimum atomic E-state index is -0.198. The molecule has 1 amide bonds. The highest BCUT2D eigenvalue weighted by Crippen LogP contribution is 2.19. The Hall–Kier alpha value is -2.17. The van der Waals surface area contributed by atoms with Gasteiger partial charge in [0.15, 0.2) is 0 Å². The molecule has 1 saturated carbocycles. The molecule has 3 rings (SSSR count). The zero-order valence-corrected chi connectivity index (χ0v) is 12.6. The number of nitrogens with zero attached hydrogens (tertiary/aromatic N) is 2. The first-order chi connectivity index (χ1) is 9.95. The molecule has 0 spiro atoms. The van der Waals surface area contributed by atoms with Crippen LogP contribution in [0.25, 0.3) is 11.0 Å². The van der Waals surface area contributed by atoms with Gasteiger partial charge < -0.3 is 5.32 Å².